The first kappa shape index (κ1) is 38.9. The predicted molar refractivity (Wildman–Crippen MR) is 159 cm³/mol. The summed E-state index contributed by atoms with van der Waals surface area (Å²) in [4.78, 5) is 32.2. The Hall–Kier alpha value is -3.10. The number of hydrogen-bond acceptors (Lipinski definition) is 12. The minimum absolute atomic E-state index is 0.302. The van der Waals surface area contributed by atoms with Gasteiger partial charge in [-0.15, -0.1) is 0 Å². The minimum atomic E-state index is -4.41. The van der Waals surface area contributed by atoms with Crippen LogP contribution in [0.25, 0.3) is 21.8 Å². The standard InChI is InChI=1S/C24H34N4O4.2CH4O4S/c1-9-31-23(29)21-16(13-27(3,4)5)15-11-12-18-19(20(15)26-21)17(14-28(6,7)8)22(25-18)24(30)32-10-2;2*1-5-6(2,3)4/h11-12H,9-10,13-14H2,1-8H3;2*1H3,(H,2,3,4). The van der Waals surface area contributed by atoms with Crippen molar-refractivity contribution >= 4 is 54.5 Å². The second-order valence-corrected chi connectivity index (χ2v) is 13.7. The fraction of sp³-hybridized carbons (Fsp3) is 0.538. The molecule has 0 fully saturated rings. The Balaban J connectivity index is 0.000000681. The summed E-state index contributed by atoms with van der Waals surface area (Å²) in [7, 11) is 5.29. The van der Waals surface area contributed by atoms with Crippen LogP contribution in [0.4, 0.5) is 0 Å². The van der Waals surface area contributed by atoms with Crippen LogP contribution in [0.2, 0.25) is 0 Å². The number of esters is 2. The monoisotopic (exact) mass is 666 g/mol. The maximum Gasteiger partial charge on any atom is 0.355 e. The highest BCUT2D eigenvalue weighted by Crippen LogP contribution is 2.35. The summed E-state index contributed by atoms with van der Waals surface area (Å²) >= 11 is 0. The summed E-state index contributed by atoms with van der Waals surface area (Å²) in [6.07, 6.45) is 0. The maximum atomic E-state index is 12.8. The quantitative estimate of drug-likeness (QED) is 0.137. The number of aromatic nitrogens is 2. The molecule has 0 saturated carbocycles. The largest absolute Gasteiger partial charge is 0.726 e. The van der Waals surface area contributed by atoms with Crippen molar-refractivity contribution in [1.82, 2.24) is 9.97 Å². The van der Waals surface area contributed by atoms with Crippen LogP contribution in [-0.2, 0) is 51.7 Å². The molecular weight excluding hydrogens is 624 g/mol. The van der Waals surface area contributed by atoms with Gasteiger partial charge in [0.2, 0.25) is 20.8 Å². The van der Waals surface area contributed by atoms with Crippen molar-refractivity contribution < 1.29 is 62.3 Å². The molecule has 0 bridgehead atoms. The molecule has 2 aromatic heterocycles. The number of nitrogens with zero attached hydrogens (tertiary/aromatic N) is 2. The molecule has 2 N–H and O–H groups in total. The first-order valence-corrected chi connectivity index (χ1v) is 15.8. The lowest BCUT2D eigenvalue weighted by atomic mass is 10.0. The second-order valence-electron chi connectivity index (χ2n) is 11.4. The van der Waals surface area contributed by atoms with E-state index in [1.54, 1.807) is 13.8 Å². The summed E-state index contributed by atoms with van der Waals surface area (Å²) < 4.78 is 74.0. The summed E-state index contributed by atoms with van der Waals surface area (Å²) in [6, 6.07) is 3.98. The summed E-state index contributed by atoms with van der Waals surface area (Å²) in [5, 5.41) is 1.88. The van der Waals surface area contributed by atoms with E-state index in [4.69, 9.17) is 9.47 Å². The molecule has 18 heteroatoms. The van der Waals surface area contributed by atoms with E-state index in [0.29, 0.717) is 46.7 Å². The Morgan fingerprint density at radius 2 is 1.11 bits per heavy atom. The minimum Gasteiger partial charge on any atom is -0.726 e. The van der Waals surface area contributed by atoms with Gasteiger partial charge < -0.3 is 37.5 Å². The van der Waals surface area contributed by atoms with Gasteiger partial charge >= 0.3 is 11.9 Å². The van der Waals surface area contributed by atoms with E-state index >= 15 is 0 Å². The van der Waals surface area contributed by atoms with Crippen molar-refractivity contribution in [2.75, 3.05) is 69.7 Å². The number of benzene rings is 1. The van der Waals surface area contributed by atoms with E-state index in [0.717, 1.165) is 47.2 Å². The van der Waals surface area contributed by atoms with E-state index < -0.39 is 20.8 Å². The van der Waals surface area contributed by atoms with Gasteiger partial charge in [-0.05, 0) is 19.9 Å². The number of rotatable bonds is 10. The molecule has 0 saturated heterocycles. The average molecular weight is 667 g/mol. The van der Waals surface area contributed by atoms with Crippen LogP contribution in [0.3, 0.4) is 0 Å². The second kappa shape index (κ2) is 15.3. The van der Waals surface area contributed by atoms with Crippen LogP contribution in [0.5, 0.6) is 0 Å². The lowest BCUT2D eigenvalue weighted by Crippen LogP contribution is -2.34. The highest BCUT2D eigenvalue weighted by atomic mass is 32.3. The molecule has 0 spiro atoms. The topological polar surface area (TPSA) is 217 Å². The van der Waals surface area contributed by atoms with E-state index in [-0.39, 0.29) is 11.9 Å². The number of H-pyrrole nitrogens is 2. The number of hydrogen-bond donors (Lipinski definition) is 2. The van der Waals surface area contributed by atoms with Gasteiger partial charge in [-0.3, -0.25) is 8.37 Å². The molecule has 3 rings (SSSR count). The van der Waals surface area contributed by atoms with Crippen molar-refractivity contribution in [2.45, 2.75) is 26.9 Å². The third kappa shape index (κ3) is 12.1. The first-order chi connectivity index (χ1) is 20.0. The molecular formula is C26H42N4O12S2. The zero-order valence-electron chi connectivity index (χ0n) is 26.6. The number of aromatic amines is 2. The van der Waals surface area contributed by atoms with E-state index in [2.05, 4.69) is 60.6 Å². The van der Waals surface area contributed by atoms with Crippen LogP contribution in [-0.4, -0.2) is 127 Å². The van der Waals surface area contributed by atoms with Crippen molar-refractivity contribution in [1.29, 1.82) is 0 Å². The van der Waals surface area contributed by atoms with E-state index in [1.807, 2.05) is 12.1 Å². The van der Waals surface area contributed by atoms with Crippen LogP contribution in [0, 0.1) is 0 Å². The van der Waals surface area contributed by atoms with Crippen LogP contribution >= 0.6 is 0 Å². The Labute approximate surface area is 257 Å². The number of carbonyl (C=O) groups is 2. The highest BCUT2D eigenvalue weighted by molar-refractivity contribution is 7.81. The molecule has 0 radical (unpaired) electrons. The zero-order chi connectivity index (χ0) is 34.3. The molecule has 0 aliphatic heterocycles. The number of fused-ring (bicyclic) bond motifs is 3. The van der Waals surface area contributed by atoms with Crippen LogP contribution in [0.15, 0.2) is 12.1 Å². The molecule has 3 aromatic rings. The SMILES string of the molecule is CCOC(=O)c1[nH]c2c(ccc3[nH]c(C(=O)OCC)c(C[N+](C)(C)C)c32)c1C[N+](C)(C)C.COS(=O)(=O)[O-].COS(=O)(=O)[O-]. The van der Waals surface area contributed by atoms with Gasteiger partial charge in [0.15, 0.2) is 0 Å². The Kier molecular flexibility index (Phi) is 13.5. The lowest BCUT2D eigenvalue weighted by Gasteiger charge is -2.24. The Morgan fingerprint density at radius 3 is 1.48 bits per heavy atom. The van der Waals surface area contributed by atoms with Crippen molar-refractivity contribution in [3.05, 3.63) is 34.6 Å². The zero-order valence-corrected chi connectivity index (χ0v) is 28.2. The molecule has 16 nitrogen and oxygen atoms in total. The van der Waals surface area contributed by atoms with Gasteiger partial charge in [0.1, 0.15) is 24.5 Å². The number of ether oxygens (including phenoxy) is 2. The summed E-state index contributed by atoms with van der Waals surface area (Å²) in [5.41, 5.74) is 4.40. The van der Waals surface area contributed by atoms with Crippen molar-refractivity contribution in [2.24, 2.45) is 0 Å². The molecule has 250 valence electrons. The summed E-state index contributed by atoms with van der Waals surface area (Å²) in [5.74, 6) is -0.737. The third-order valence-corrected chi connectivity index (χ3v) is 6.39. The highest BCUT2D eigenvalue weighted by Gasteiger charge is 2.29. The van der Waals surface area contributed by atoms with Gasteiger partial charge in [0, 0.05) is 27.4 Å². The van der Waals surface area contributed by atoms with Gasteiger partial charge in [-0.25, -0.2) is 26.4 Å². The molecule has 44 heavy (non-hydrogen) atoms. The normalized spacial score (nSPS) is 12.3. The molecule has 0 atom stereocenters. The molecule has 0 unspecified atom stereocenters. The van der Waals surface area contributed by atoms with Crippen LogP contribution in [0.1, 0.15) is 46.0 Å². The van der Waals surface area contributed by atoms with E-state index in [1.165, 1.54) is 0 Å². The van der Waals surface area contributed by atoms with Gasteiger partial charge in [-0.2, -0.15) is 0 Å². The Bertz CT molecular complexity index is 1630. The fourth-order valence-electron chi connectivity index (χ4n) is 4.10. The van der Waals surface area contributed by atoms with Gasteiger partial charge in [0.25, 0.3) is 0 Å². The molecule has 0 amide bonds. The molecule has 0 aliphatic carbocycles. The van der Waals surface area contributed by atoms with Gasteiger partial charge in [0.05, 0.1) is 75.2 Å². The molecule has 2 heterocycles. The molecule has 1 aromatic carbocycles. The maximum absolute atomic E-state index is 12.8. The Morgan fingerprint density at radius 1 is 0.727 bits per heavy atom. The predicted octanol–water partition coefficient (Wildman–Crippen LogP) is 1.60. The lowest BCUT2D eigenvalue weighted by molar-refractivity contribution is -0.883. The first-order valence-electron chi connectivity index (χ1n) is 13.1. The van der Waals surface area contributed by atoms with Gasteiger partial charge in [-0.1, -0.05) is 6.07 Å². The van der Waals surface area contributed by atoms with Crippen molar-refractivity contribution in [3.8, 4) is 0 Å². The number of nitrogens with one attached hydrogen (secondary N) is 2. The third-order valence-electron chi connectivity index (χ3n) is 5.58. The number of quaternary nitrogens is 2. The van der Waals surface area contributed by atoms with Crippen LogP contribution < -0.4 is 0 Å². The summed E-state index contributed by atoms with van der Waals surface area (Å²) in [6.45, 7) is 5.47. The number of carbonyl (C=O) groups excluding carboxylic acids is 2. The molecule has 0 aliphatic rings. The van der Waals surface area contributed by atoms with Crippen molar-refractivity contribution in [3.63, 3.8) is 0 Å². The smallest absolute Gasteiger partial charge is 0.355 e. The van der Waals surface area contributed by atoms with E-state index in [9.17, 15) is 35.5 Å². The average Bonchev–Trinajstić information content (AvgIpc) is 3.40. The fourth-order valence-corrected chi connectivity index (χ4v) is 4.10.